The van der Waals surface area contributed by atoms with Gasteiger partial charge in [-0.15, -0.1) is 0 Å². The fourth-order valence-corrected chi connectivity index (χ4v) is 4.21. The highest BCUT2D eigenvalue weighted by molar-refractivity contribution is 5.78. The van der Waals surface area contributed by atoms with Gasteiger partial charge in [-0.05, 0) is 68.9 Å². The van der Waals surface area contributed by atoms with Gasteiger partial charge in [-0.25, -0.2) is 0 Å². The van der Waals surface area contributed by atoms with Crippen molar-refractivity contribution in [3.8, 4) is 0 Å². The molecule has 0 aromatic carbocycles. The molecule has 1 aromatic rings. The highest BCUT2D eigenvalue weighted by Crippen LogP contribution is 2.29. The normalized spacial score (nSPS) is 23.3. The molecule has 4 heteroatoms. The average Bonchev–Trinajstić information content (AvgIpc) is 3.41. The van der Waals surface area contributed by atoms with Crippen LogP contribution in [0.2, 0.25) is 0 Å². The zero-order chi connectivity index (χ0) is 17.8. The summed E-state index contributed by atoms with van der Waals surface area (Å²) in [7, 11) is 0. The quantitative estimate of drug-likeness (QED) is 0.543. The molecule has 2 heterocycles. The monoisotopic (exact) mass is 356 g/mol. The summed E-state index contributed by atoms with van der Waals surface area (Å²) in [6, 6.07) is 4.26. The molecular weight excluding hydrogens is 324 g/mol. The third kappa shape index (κ3) is 4.79. The molecule has 26 heavy (non-hydrogen) atoms. The van der Waals surface area contributed by atoms with Crippen LogP contribution in [0, 0.1) is 11.8 Å². The van der Waals surface area contributed by atoms with E-state index in [1.54, 1.807) is 0 Å². The van der Waals surface area contributed by atoms with E-state index in [0.717, 1.165) is 58.0 Å². The molecule has 2 aliphatic carbocycles. The van der Waals surface area contributed by atoms with Crippen LogP contribution in [0.3, 0.4) is 0 Å². The first-order valence-electron chi connectivity index (χ1n) is 10.5. The Bertz CT molecular complexity index is 644. The van der Waals surface area contributed by atoms with Crippen molar-refractivity contribution in [3.05, 3.63) is 35.7 Å². The van der Waals surface area contributed by atoms with Crippen LogP contribution in [0.4, 0.5) is 0 Å². The summed E-state index contributed by atoms with van der Waals surface area (Å²) in [4.78, 5) is 15.1. The van der Waals surface area contributed by atoms with E-state index in [2.05, 4.69) is 33.9 Å². The molecule has 4 nitrogen and oxygen atoms in total. The van der Waals surface area contributed by atoms with Crippen molar-refractivity contribution in [2.45, 2.75) is 64.5 Å². The first-order chi connectivity index (χ1) is 12.8. The number of carbonyl (C=O) groups excluding carboxylic acids is 1. The summed E-state index contributed by atoms with van der Waals surface area (Å²) in [6.07, 6.45) is 13.6. The second-order valence-electron chi connectivity index (χ2n) is 8.38. The van der Waals surface area contributed by atoms with Crippen LogP contribution in [0.1, 0.15) is 57.1 Å². The van der Waals surface area contributed by atoms with Gasteiger partial charge in [-0.3, -0.25) is 4.79 Å². The minimum Gasteiger partial charge on any atom is -0.381 e. The van der Waals surface area contributed by atoms with Crippen LogP contribution in [-0.4, -0.2) is 35.1 Å². The van der Waals surface area contributed by atoms with E-state index in [1.807, 2.05) is 0 Å². The Morgan fingerprint density at radius 1 is 1.19 bits per heavy atom. The van der Waals surface area contributed by atoms with Crippen molar-refractivity contribution in [2.24, 2.45) is 11.8 Å². The molecule has 1 saturated carbocycles. The third-order valence-electron chi connectivity index (χ3n) is 6.05. The minimum absolute atomic E-state index is 0.302. The Balaban J connectivity index is 1.36. The van der Waals surface area contributed by atoms with Gasteiger partial charge in [0.1, 0.15) is 0 Å². The Morgan fingerprint density at radius 2 is 2.12 bits per heavy atom. The Morgan fingerprint density at radius 3 is 2.92 bits per heavy atom. The van der Waals surface area contributed by atoms with E-state index in [0.29, 0.717) is 18.2 Å². The van der Waals surface area contributed by atoms with Crippen molar-refractivity contribution >= 4 is 5.91 Å². The summed E-state index contributed by atoms with van der Waals surface area (Å²) in [5, 5.41) is 0. The maximum atomic E-state index is 13.0. The van der Waals surface area contributed by atoms with Crippen LogP contribution in [0.5, 0.6) is 0 Å². The number of aromatic nitrogens is 1. The number of fused-ring (bicyclic) bond motifs is 1. The largest absolute Gasteiger partial charge is 0.381 e. The van der Waals surface area contributed by atoms with E-state index < -0.39 is 0 Å². The lowest BCUT2D eigenvalue weighted by molar-refractivity contribution is -0.131. The minimum atomic E-state index is 0.302. The molecule has 0 bridgehead atoms. The van der Waals surface area contributed by atoms with E-state index in [1.165, 1.54) is 37.0 Å². The van der Waals surface area contributed by atoms with Crippen molar-refractivity contribution in [1.82, 2.24) is 9.47 Å². The number of amides is 1. The van der Waals surface area contributed by atoms with Crippen LogP contribution >= 0.6 is 0 Å². The highest BCUT2D eigenvalue weighted by Gasteiger charge is 2.26. The zero-order valence-electron chi connectivity index (χ0n) is 15.9. The second kappa shape index (κ2) is 8.43. The Hall–Kier alpha value is -1.55. The molecule has 1 aliphatic heterocycles. The van der Waals surface area contributed by atoms with Gasteiger partial charge in [0, 0.05) is 44.6 Å². The van der Waals surface area contributed by atoms with Crippen molar-refractivity contribution in [1.29, 1.82) is 0 Å². The molecule has 0 N–H and O–H groups in total. The summed E-state index contributed by atoms with van der Waals surface area (Å²) in [5.74, 6) is 1.60. The Kier molecular flexibility index (Phi) is 5.78. The maximum Gasteiger partial charge on any atom is 0.227 e. The van der Waals surface area contributed by atoms with Gasteiger partial charge in [-0.2, -0.15) is 0 Å². The lowest BCUT2D eigenvalue weighted by atomic mass is 9.96. The number of allylic oxidation sites excluding steroid dienone is 1. The molecule has 0 unspecified atom stereocenters. The molecule has 4 rings (SSSR count). The summed E-state index contributed by atoms with van der Waals surface area (Å²) in [6.45, 7) is 4.37. The Labute approximate surface area is 157 Å². The van der Waals surface area contributed by atoms with E-state index in [9.17, 15) is 4.79 Å². The predicted octanol–water partition coefficient (Wildman–Crippen LogP) is 4.15. The lowest BCUT2D eigenvalue weighted by Gasteiger charge is -2.25. The average molecular weight is 357 g/mol. The molecule has 0 saturated heterocycles. The molecule has 0 spiro atoms. The van der Waals surface area contributed by atoms with Crippen molar-refractivity contribution in [2.75, 3.05) is 19.8 Å². The predicted molar refractivity (Wildman–Crippen MR) is 103 cm³/mol. The first kappa shape index (κ1) is 17.8. The van der Waals surface area contributed by atoms with Crippen LogP contribution in [0.25, 0.3) is 0 Å². The standard InChI is InChI=1S/C22H32N2O2/c25-22(13-18-5-2-1-3-6-18)24-15-20(10-12-26-17-19-8-9-19)14-23-11-4-7-21(23)16-24/h4-5,7,11,19-20H,1-3,6,8-10,12-17H2/t20-/m0/s1. The van der Waals surface area contributed by atoms with Gasteiger partial charge >= 0.3 is 0 Å². The van der Waals surface area contributed by atoms with E-state index >= 15 is 0 Å². The van der Waals surface area contributed by atoms with Gasteiger partial charge in [0.25, 0.3) is 0 Å². The van der Waals surface area contributed by atoms with E-state index in [4.69, 9.17) is 4.74 Å². The number of hydrogen-bond acceptors (Lipinski definition) is 2. The third-order valence-corrected chi connectivity index (χ3v) is 6.05. The number of nitrogens with zero attached hydrogens (tertiary/aromatic N) is 2. The van der Waals surface area contributed by atoms with Gasteiger partial charge in [0.15, 0.2) is 0 Å². The highest BCUT2D eigenvalue weighted by atomic mass is 16.5. The molecule has 1 atom stereocenters. The van der Waals surface area contributed by atoms with Crippen LogP contribution < -0.4 is 0 Å². The fourth-order valence-electron chi connectivity index (χ4n) is 4.21. The molecular formula is C22H32N2O2. The van der Waals surface area contributed by atoms with Crippen LogP contribution in [0.15, 0.2) is 30.0 Å². The molecule has 0 radical (unpaired) electrons. The van der Waals surface area contributed by atoms with Gasteiger partial charge in [-0.1, -0.05) is 11.6 Å². The van der Waals surface area contributed by atoms with Gasteiger partial charge in [0.05, 0.1) is 6.54 Å². The van der Waals surface area contributed by atoms with E-state index in [-0.39, 0.29) is 0 Å². The molecule has 1 amide bonds. The molecule has 1 fully saturated rings. The molecule has 1 aromatic heterocycles. The smallest absolute Gasteiger partial charge is 0.227 e. The summed E-state index contributed by atoms with van der Waals surface area (Å²) < 4.78 is 8.20. The number of ether oxygens (including phenoxy) is 1. The number of rotatable bonds is 7. The first-order valence-corrected chi connectivity index (χ1v) is 10.5. The SMILES string of the molecule is O=C(CC1=CCCCC1)N1Cc2cccn2C[C@H](CCOCC2CC2)C1. The second-order valence-corrected chi connectivity index (χ2v) is 8.38. The van der Waals surface area contributed by atoms with Crippen LogP contribution in [-0.2, 0) is 22.6 Å². The zero-order valence-corrected chi connectivity index (χ0v) is 15.9. The summed E-state index contributed by atoms with van der Waals surface area (Å²) >= 11 is 0. The van der Waals surface area contributed by atoms with Crippen molar-refractivity contribution in [3.63, 3.8) is 0 Å². The number of hydrogen-bond donors (Lipinski definition) is 0. The summed E-state index contributed by atoms with van der Waals surface area (Å²) in [5.41, 5.74) is 2.61. The van der Waals surface area contributed by atoms with Gasteiger partial charge < -0.3 is 14.2 Å². The topological polar surface area (TPSA) is 34.5 Å². The molecule has 142 valence electrons. The maximum absolute atomic E-state index is 13.0. The molecule has 3 aliphatic rings. The number of carbonyl (C=O) groups is 1. The lowest BCUT2D eigenvalue weighted by Crippen LogP contribution is -2.34. The van der Waals surface area contributed by atoms with Crippen molar-refractivity contribution < 1.29 is 9.53 Å². The fraction of sp³-hybridized carbons (Fsp3) is 0.682. The van der Waals surface area contributed by atoms with Gasteiger partial charge in [0.2, 0.25) is 5.91 Å².